The maximum atomic E-state index is 8.77. The number of aromatic nitrogens is 3. The van der Waals surface area contributed by atoms with E-state index in [4.69, 9.17) is 5.26 Å². The van der Waals surface area contributed by atoms with Gasteiger partial charge in [-0.25, -0.2) is 0 Å². The van der Waals surface area contributed by atoms with Crippen LogP contribution in [0.15, 0.2) is 22.7 Å². The molecule has 0 saturated heterocycles. The van der Waals surface area contributed by atoms with Crippen molar-refractivity contribution in [2.24, 2.45) is 7.05 Å². The van der Waals surface area contributed by atoms with Crippen LogP contribution in [-0.2, 0) is 13.5 Å². The van der Waals surface area contributed by atoms with Crippen LogP contribution in [0.1, 0.15) is 17.6 Å². The van der Waals surface area contributed by atoms with Crippen LogP contribution in [0, 0.1) is 11.3 Å². The molecule has 0 aliphatic rings. The zero-order chi connectivity index (χ0) is 12.3. The fourth-order valence-electron chi connectivity index (χ4n) is 1.36. The second-order valence-electron chi connectivity index (χ2n) is 3.60. The Labute approximate surface area is 108 Å². The van der Waals surface area contributed by atoms with E-state index in [0.717, 1.165) is 17.4 Å². The van der Waals surface area contributed by atoms with Crippen molar-refractivity contribution in [2.75, 3.05) is 0 Å². The van der Waals surface area contributed by atoms with Crippen LogP contribution in [0.3, 0.4) is 0 Å². The summed E-state index contributed by atoms with van der Waals surface area (Å²) < 4.78 is 1.96. The van der Waals surface area contributed by atoms with Crippen molar-refractivity contribution in [1.82, 2.24) is 14.8 Å². The Morgan fingerprint density at radius 2 is 2.41 bits per heavy atom. The Bertz CT molecular complexity index is 524. The van der Waals surface area contributed by atoms with Crippen molar-refractivity contribution in [3.05, 3.63) is 28.2 Å². The molecule has 0 saturated carbocycles. The quantitative estimate of drug-likeness (QED) is 0.796. The number of thioether (sulfide) groups is 1. The van der Waals surface area contributed by atoms with Gasteiger partial charge in [0.05, 0.1) is 11.3 Å². The van der Waals surface area contributed by atoms with Crippen LogP contribution < -0.4 is 0 Å². The molecule has 88 valence electrons. The molecule has 17 heavy (non-hydrogen) atoms. The van der Waals surface area contributed by atoms with E-state index in [1.54, 1.807) is 11.3 Å². The number of rotatable bonds is 4. The van der Waals surface area contributed by atoms with Crippen molar-refractivity contribution in [3.8, 4) is 6.07 Å². The summed E-state index contributed by atoms with van der Waals surface area (Å²) in [6.45, 7) is 1.86. The maximum Gasteiger partial charge on any atom is 0.192 e. The Kier molecular flexibility index (Phi) is 3.82. The SMILES string of the molecule is C[C@H](C#N)Sc1nnc(Cc2cccs2)n1C. The highest BCUT2D eigenvalue weighted by atomic mass is 32.2. The molecule has 0 spiro atoms. The number of hydrogen-bond donors (Lipinski definition) is 0. The van der Waals surface area contributed by atoms with E-state index < -0.39 is 0 Å². The third-order valence-electron chi connectivity index (χ3n) is 2.30. The molecule has 0 radical (unpaired) electrons. The van der Waals surface area contributed by atoms with Gasteiger partial charge in [0, 0.05) is 18.3 Å². The molecule has 6 heteroatoms. The predicted molar refractivity (Wildman–Crippen MR) is 69.1 cm³/mol. The average molecular weight is 264 g/mol. The summed E-state index contributed by atoms with van der Waals surface area (Å²) in [5.74, 6) is 0.931. The normalized spacial score (nSPS) is 12.3. The first-order chi connectivity index (χ1) is 8.20. The van der Waals surface area contributed by atoms with Crippen molar-refractivity contribution in [2.45, 2.75) is 23.8 Å². The van der Waals surface area contributed by atoms with Gasteiger partial charge in [-0.3, -0.25) is 0 Å². The largest absolute Gasteiger partial charge is 0.309 e. The molecule has 1 atom stereocenters. The van der Waals surface area contributed by atoms with Gasteiger partial charge in [0.15, 0.2) is 5.16 Å². The molecular formula is C11H12N4S2. The number of nitrogens with zero attached hydrogens (tertiary/aromatic N) is 4. The van der Waals surface area contributed by atoms with Crippen molar-refractivity contribution in [1.29, 1.82) is 5.26 Å². The lowest BCUT2D eigenvalue weighted by Crippen LogP contribution is -2.01. The van der Waals surface area contributed by atoms with Crippen LogP contribution in [0.25, 0.3) is 0 Å². The summed E-state index contributed by atoms with van der Waals surface area (Å²) in [4.78, 5) is 1.27. The number of nitriles is 1. The van der Waals surface area contributed by atoms with Crippen LogP contribution in [0.4, 0.5) is 0 Å². The Morgan fingerprint density at radius 1 is 1.59 bits per heavy atom. The third kappa shape index (κ3) is 2.87. The summed E-state index contributed by atoms with van der Waals surface area (Å²) in [6, 6.07) is 6.30. The fourth-order valence-corrected chi connectivity index (χ4v) is 2.78. The van der Waals surface area contributed by atoms with Gasteiger partial charge in [0.25, 0.3) is 0 Å². The second-order valence-corrected chi connectivity index (χ2v) is 5.94. The highest BCUT2D eigenvalue weighted by molar-refractivity contribution is 8.00. The first-order valence-electron chi connectivity index (χ1n) is 5.17. The zero-order valence-corrected chi connectivity index (χ0v) is 11.3. The van der Waals surface area contributed by atoms with Gasteiger partial charge < -0.3 is 4.57 Å². The summed E-state index contributed by atoms with van der Waals surface area (Å²) >= 11 is 3.15. The average Bonchev–Trinajstić information content (AvgIpc) is 2.94. The van der Waals surface area contributed by atoms with Crippen LogP contribution in [0.2, 0.25) is 0 Å². The van der Waals surface area contributed by atoms with Crippen molar-refractivity contribution < 1.29 is 0 Å². The monoisotopic (exact) mass is 264 g/mol. The summed E-state index contributed by atoms with van der Waals surface area (Å²) in [7, 11) is 1.94. The highest BCUT2D eigenvalue weighted by Crippen LogP contribution is 2.22. The molecule has 2 heterocycles. The molecule has 2 rings (SSSR count). The number of thiophene rings is 1. The minimum absolute atomic E-state index is 0.104. The predicted octanol–water partition coefficient (Wildman–Crippen LogP) is 2.47. The molecule has 0 aliphatic heterocycles. The molecule has 4 nitrogen and oxygen atoms in total. The van der Waals surface area contributed by atoms with Crippen LogP contribution >= 0.6 is 23.1 Å². The lowest BCUT2D eigenvalue weighted by Gasteiger charge is -2.03. The van der Waals surface area contributed by atoms with E-state index >= 15 is 0 Å². The first kappa shape index (κ1) is 12.1. The molecule has 0 fully saturated rings. The van der Waals surface area contributed by atoms with Gasteiger partial charge in [0.1, 0.15) is 5.82 Å². The Hall–Kier alpha value is -1.32. The summed E-state index contributed by atoms with van der Waals surface area (Å²) in [6.07, 6.45) is 0.794. The van der Waals surface area contributed by atoms with E-state index in [1.807, 2.05) is 24.6 Å². The lowest BCUT2D eigenvalue weighted by atomic mass is 10.3. The van der Waals surface area contributed by atoms with E-state index in [1.165, 1.54) is 16.6 Å². The van der Waals surface area contributed by atoms with E-state index in [2.05, 4.69) is 27.7 Å². The number of hydrogen-bond acceptors (Lipinski definition) is 5. The van der Waals surface area contributed by atoms with Crippen molar-refractivity contribution in [3.63, 3.8) is 0 Å². The molecule has 0 aromatic carbocycles. The fraction of sp³-hybridized carbons (Fsp3) is 0.364. The molecule has 0 bridgehead atoms. The van der Waals surface area contributed by atoms with Crippen LogP contribution in [0.5, 0.6) is 0 Å². The van der Waals surface area contributed by atoms with E-state index in [9.17, 15) is 0 Å². The van der Waals surface area contributed by atoms with Gasteiger partial charge in [-0.05, 0) is 18.4 Å². The first-order valence-corrected chi connectivity index (χ1v) is 6.93. The molecule has 0 aliphatic carbocycles. The second kappa shape index (κ2) is 5.34. The highest BCUT2D eigenvalue weighted by Gasteiger charge is 2.12. The van der Waals surface area contributed by atoms with E-state index in [-0.39, 0.29) is 5.25 Å². The standard InChI is InChI=1S/C11H12N4S2/c1-8(7-12)17-11-14-13-10(15(11)2)6-9-4-3-5-16-9/h3-5,8H,6H2,1-2H3/t8-/m1/s1. The van der Waals surface area contributed by atoms with Crippen LogP contribution in [-0.4, -0.2) is 20.0 Å². The smallest absolute Gasteiger partial charge is 0.192 e. The van der Waals surface area contributed by atoms with E-state index in [0.29, 0.717) is 0 Å². The molecule has 2 aromatic heterocycles. The minimum atomic E-state index is -0.104. The summed E-state index contributed by atoms with van der Waals surface area (Å²) in [5.41, 5.74) is 0. The zero-order valence-electron chi connectivity index (χ0n) is 9.62. The van der Waals surface area contributed by atoms with Gasteiger partial charge in [-0.1, -0.05) is 17.8 Å². The Balaban J connectivity index is 2.13. The molecular weight excluding hydrogens is 252 g/mol. The van der Waals surface area contributed by atoms with Crippen molar-refractivity contribution >= 4 is 23.1 Å². The molecule has 0 amide bonds. The van der Waals surface area contributed by atoms with Gasteiger partial charge in [0.2, 0.25) is 0 Å². The lowest BCUT2D eigenvalue weighted by molar-refractivity contribution is 0.750. The van der Waals surface area contributed by atoms with Gasteiger partial charge in [-0.2, -0.15) is 5.26 Å². The minimum Gasteiger partial charge on any atom is -0.309 e. The van der Waals surface area contributed by atoms with Gasteiger partial charge >= 0.3 is 0 Å². The molecule has 2 aromatic rings. The van der Waals surface area contributed by atoms with Gasteiger partial charge in [-0.15, -0.1) is 21.5 Å². The maximum absolute atomic E-state index is 8.77. The topological polar surface area (TPSA) is 54.5 Å². The summed E-state index contributed by atoms with van der Waals surface area (Å²) in [5, 5.41) is 19.8. The molecule has 0 N–H and O–H groups in total. The molecule has 0 unspecified atom stereocenters. The third-order valence-corrected chi connectivity index (χ3v) is 4.20. The Morgan fingerprint density at radius 3 is 3.06 bits per heavy atom.